The smallest absolute Gasteiger partial charge is 0.264 e. The molecule has 1 N–H and O–H groups in total. The number of ether oxygens (including phenoxy) is 1. The molecule has 12 heteroatoms. The number of carbonyl (C=O) groups excluding carboxylic acids is 2. The van der Waals surface area contributed by atoms with Crippen LogP contribution in [-0.4, -0.2) is 51.4 Å². The molecule has 0 radical (unpaired) electrons. The minimum atomic E-state index is -4.24. The van der Waals surface area contributed by atoms with Gasteiger partial charge >= 0.3 is 0 Å². The predicted molar refractivity (Wildman–Crippen MR) is 159 cm³/mol. The number of hydrogen-bond donors (Lipinski definition) is 1. The van der Waals surface area contributed by atoms with Gasteiger partial charge in [0.2, 0.25) is 11.8 Å². The Balaban J connectivity index is 2.03. The van der Waals surface area contributed by atoms with Crippen molar-refractivity contribution >= 4 is 62.3 Å². The number of carbonyl (C=O) groups is 2. The lowest BCUT2D eigenvalue weighted by atomic mass is 10.1. The van der Waals surface area contributed by atoms with Crippen LogP contribution in [0.5, 0.6) is 5.75 Å². The van der Waals surface area contributed by atoms with E-state index in [0.29, 0.717) is 34.3 Å². The summed E-state index contributed by atoms with van der Waals surface area (Å²) in [6, 6.07) is 16.0. The molecule has 0 heterocycles. The summed E-state index contributed by atoms with van der Waals surface area (Å²) in [6.07, 6.45) is 0.710. The maximum absolute atomic E-state index is 13.9. The molecular weight excluding hydrogens is 597 g/mol. The molecule has 0 saturated heterocycles. The van der Waals surface area contributed by atoms with Crippen LogP contribution >= 0.6 is 34.8 Å². The summed E-state index contributed by atoms with van der Waals surface area (Å²) < 4.78 is 33.8. The second kappa shape index (κ2) is 14.1. The molecular formula is C28H30Cl3N3O5S. The first kappa shape index (κ1) is 31.5. The van der Waals surface area contributed by atoms with Gasteiger partial charge in [-0.05, 0) is 73.5 Å². The van der Waals surface area contributed by atoms with Gasteiger partial charge in [0.1, 0.15) is 18.3 Å². The van der Waals surface area contributed by atoms with Gasteiger partial charge in [0.25, 0.3) is 10.0 Å². The largest absolute Gasteiger partial charge is 0.497 e. The van der Waals surface area contributed by atoms with Gasteiger partial charge in [-0.2, -0.15) is 0 Å². The van der Waals surface area contributed by atoms with Gasteiger partial charge in [0, 0.05) is 18.1 Å². The number of sulfonamides is 1. The summed E-state index contributed by atoms with van der Waals surface area (Å²) in [6.45, 7) is 3.32. The van der Waals surface area contributed by atoms with Crippen LogP contribution in [0.25, 0.3) is 0 Å². The van der Waals surface area contributed by atoms with E-state index in [1.54, 1.807) is 43.3 Å². The Hall–Kier alpha value is -2.98. The summed E-state index contributed by atoms with van der Waals surface area (Å²) in [5.74, 6) is -0.506. The van der Waals surface area contributed by atoms with Crippen molar-refractivity contribution in [2.45, 2.75) is 37.8 Å². The molecule has 0 aliphatic carbocycles. The molecule has 0 spiro atoms. The minimum absolute atomic E-state index is 0.0115. The minimum Gasteiger partial charge on any atom is -0.497 e. The van der Waals surface area contributed by atoms with Gasteiger partial charge in [-0.1, -0.05) is 53.9 Å². The number of rotatable bonds is 12. The summed E-state index contributed by atoms with van der Waals surface area (Å²) >= 11 is 18.4. The van der Waals surface area contributed by atoms with Gasteiger partial charge in [0.05, 0.1) is 27.7 Å². The van der Waals surface area contributed by atoms with E-state index in [2.05, 4.69) is 5.32 Å². The van der Waals surface area contributed by atoms with Crippen LogP contribution in [-0.2, 0) is 26.2 Å². The first-order valence-corrected chi connectivity index (χ1v) is 15.0. The fraction of sp³-hybridized carbons (Fsp3) is 0.286. The first-order valence-electron chi connectivity index (χ1n) is 12.4. The molecule has 40 heavy (non-hydrogen) atoms. The van der Waals surface area contributed by atoms with Crippen molar-refractivity contribution in [1.29, 1.82) is 0 Å². The third kappa shape index (κ3) is 7.81. The third-order valence-corrected chi connectivity index (χ3v) is 8.84. The average molecular weight is 627 g/mol. The Kier molecular flexibility index (Phi) is 11.1. The number of benzene rings is 3. The zero-order valence-electron chi connectivity index (χ0n) is 22.2. The topological polar surface area (TPSA) is 96.0 Å². The van der Waals surface area contributed by atoms with Gasteiger partial charge in [0.15, 0.2) is 0 Å². The van der Waals surface area contributed by atoms with E-state index in [9.17, 15) is 18.0 Å². The molecule has 2 amide bonds. The molecule has 8 nitrogen and oxygen atoms in total. The molecule has 3 aromatic rings. The second-order valence-corrected chi connectivity index (χ2v) is 12.0. The second-order valence-electron chi connectivity index (χ2n) is 8.90. The van der Waals surface area contributed by atoms with Gasteiger partial charge in [-0.25, -0.2) is 8.42 Å². The third-order valence-electron chi connectivity index (χ3n) is 6.08. The number of anilines is 1. The number of hydrogen-bond acceptors (Lipinski definition) is 5. The molecule has 3 rings (SSSR count). The van der Waals surface area contributed by atoms with Crippen molar-refractivity contribution < 1.29 is 22.7 Å². The van der Waals surface area contributed by atoms with Crippen molar-refractivity contribution in [1.82, 2.24) is 10.2 Å². The molecule has 0 fully saturated rings. The van der Waals surface area contributed by atoms with E-state index < -0.39 is 28.5 Å². The lowest BCUT2D eigenvalue weighted by Crippen LogP contribution is -2.51. The fourth-order valence-electron chi connectivity index (χ4n) is 3.85. The Morgan fingerprint density at radius 3 is 2.27 bits per heavy atom. The Morgan fingerprint density at radius 2 is 1.68 bits per heavy atom. The molecule has 0 aromatic heterocycles. The lowest BCUT2D eigenvalue weighted by molar-refractivity contribution is -0.139. The number of halogens is 3. The maximum atomic E-state index is 13.9. The summed E-state index contributed by atoms with van der Waals surface area (Å²) in [4.78, 5) is 28.1. The van der Waals surface area contributed by atoms with Crippen molar-refractivity contribution in [2.24, 2.45) is 0 Å². The number of nitrogens with one attached hydrogen (secondary N) is 1. The van der Waals surface area contributed by atoms with E-state index in [1.807, 2.05) is 6.92 Å². The Morgan fingerprint density at radius 1 is 0.975 bits per heavy atom. The molecule has 0 saturated carbocycles. The van der Waals surface area contributed by atoms with E-state index >= 15 is 0 Å². The molecule has 0 aliphatic heterocycles. The quantitative estimate of drug-likeness (QED) is 0.274. The highest BCUT2D eigenvalue weighted by molar-refractivity contribution is 7.92. The molecule has 1 atom stereocenters. The SMILES string of the molecule is CCCNC(=O)C(C)N(Cc1ccc(Cl)c(Cl)c1)C(=O)CN(c1cccc(Cl)c1)S(=O)(=O)c1ccc(OC)cc1. The molecule has 214 valence electrons. The Labute approximate surface area is 249 Å². The van der Waals surface area contributed by atoms with Crippen LogP contribution in [0.15, 0.2) is 71.6 Å². The predicted octanol–water partition coefficient (Wildman–Crippen LogP) is 5.79. The summed E-state index contributed by atoms with van der Waals surface area (Å²) in [5, 5.41) is 3.71. The summed E-state index contributed by atoms with van der Waals surface area (Å²) in [5.41, 5.74) is 0.805. The van der Waals surface area contributed by atoms with Crippen LogP contribution in [0, 0.1) is 0 Å². The highest BCUT2D eigenvalue weighted by atomic mass is 35.5. The number of amides is 2. The van der Waals surface area contributed by atoms with Crippen molar-refractivity contribution in [2.75, 3.05) is 24.5 Å². The van der Waals surface area contributed by atoms with Gasteiger partial charge < -0.3 is 15.0 Å². The van der Waals surface area contributed by atoms with E-state index in [4.69, 9.17) is 39.5 Å². The van der Waals surface area contributed by atoms with Crippen LogP contribution < -0.4 is 14.4 Å². The maximum Gasteiger partial charge on any atom is 0.264 e. The highest BCUT2D eigenvalue weighted by Gasteiger charge is 2.32. The van der Waals surface area contributed by atoms with E-state index in [-0.39, 0.29) is 28.1 Å². The lowest BCUT2D eigenvalue weighted by Gasteiger charge is -2.32. The first-order chi connectivity index (χ1) is 19.0. The van der Waals surface area contributed by atoms with E-state index in [0.717, 1.165) is 4.31 Å². The van der Waals surface area contributed by atoms with Gasteiger partial charge in [-0.15, -0.1) is 0 Å². The molecule has 0 bridgehead atoms. The summed E-state index contributed by atoms with van der Waals surface area (Å²) in [7, 11) is -2.76. The zero-order valence-corrected chi connectivity index (χ0v) is 25.3. The normalized spacial score (nSPS) is 11.9. The molecule has 1 unspecified atom stereocenters. The monoisotopic (exact) mass is 625 g/mol. The van der Waals surface area contributed by atoms with Crippen LogP contribution in [0.1, 0.15) is 25.8 Å². The van der Waals surface area contributed by atoms with Crippen molar-refractivity contribution in [3.05, 3.63) is 87.4 Å². The number of nitrogens with zero attached hydrogens (tertiary/aromatic N) is 2. The Bertz CT molecular complexity index is 1450. The van der Waals surface area contributed by atoms with Crippen molar-refractivity contribution in [3.8, 4) is 5.75 Å². The average Bonchev–Trinajstić information content (AvgIpc) is 2.94. The van der Waals surface area contributed by atoms with Crippen LogP contribution in [0.4, 0.5) is 5.69 Å². The molecule has 3 aromatic carbocycles. The highest BCUT2D eigenvalue weighted by Crippen LogP contribution is 2.28. The van der Waals surface area contributed by atoms with Crippen LogP contribution in [0.3, 0.4) is 0 Å². The van der Waals surface area contributed by atoms with Gasteiger partial charge in [-0.3, -0.25) is 13.9 Å². The standard InChI is InChI=1S/C28H30Cl3N3O5S/c1-4-14-32-28(36)19(2)33(17-20-8-13-25(30)26(31)15-20)27(35)18-34(22-7-5-6-21(29)16-22)40(37,38)24-11-9-23(39-3)10-12-24/h5-13,15-16,19H,4,14,17-18H2,1-3H3,(H,32,36). The molecule has 0 aliphatic rings. The zero-order chi connectivity index (χ0) is 29.4. The van der Waals surface area contributed by atoms with Crippen molar-refractivity contribution in [3.63, 3.8) is 0 Å². The fourth-order valence-corrected chi connectivity index (χ4v) is 5.76. The number of methoxy groups -OCH3 is 1. The van der Waals surface area contributed by atoms with E-state index in [1.165, 1.54) is 42.3 Å². The van der Waals surface area contributed by atoms with Crippen LogP contribution in [0.2, 0.25) is 15.1 Å².